The topological polar surface area (TPSA) is 21.5 Å². The monoisotopic (exact) mass is 307 g/mol. The van der Waals surface area contributed by atoms with Crippen LogP contribution in [0.15, 0.2) is 35.1 Å². The van der Waals surface area contributed by atoms with Gasteiger partial charge in [-0.25, -0.2) is 0 Å². The first kappa shape index (κ1) is 14.7. The van der Waals surface area contributed by atoms with Crippen molar-refractivity contribution >= 4 is 11.6 Å². The van der Waals surface area contributed by atoms with Gasteiger partial charge in [0.05, 0.1) is 10.9 Å². The molecule has 23 heavy (non-hydrogen) atoms. The minimum Gasteiger partial charge on any atom is -0.277 e. The molecule has 1 spiro atoms. The van der Waals surface area contributed by atoms with Crippen molar-refractivity contribution in [3.8, 4) is 0 Å². The van der Waals surface area contributed by atoms with E-state index in [1.807, 2.05) is 10.5 Å². The van der Waals surface area contributed by atoms with Gasteiger partial charge >= 0.3 is 0 Å². The summed E-state index contributed by atoms with van der Waals surface area (Å²) in [5.74, 6) is 0. The molecule has 0 saturated heterocycles. The molecule has 0 bridgehead atoms. The van der Waals surface area contributed by atoms with E-state index in [1.54, 1.807) is 6.07 Å². The second-order valence-electron chi connectivity index (χ2n) is 7.17. The Bertz CT molecular complexity index is 865. The lowest BCUT2D eigenvalue weighted by Crippen LogP contribution is -2.37. The van der Waals surface area contributed by atoms with Crippen molar-refractivity contribution in [3.05, 3.63) is 57.2 Å². The highest BCUT2D eigenvalue weighted by atomic mass is 16.1. The number of unbranched alkanes of at least 4 members (excludes halogenated alkanes) is 1. The van der Waals surface area contributed by atoms with Crippen LogP contribution in [0.25, 0.3) is 11.6 Å². The van der Waals surface area contributed by atoms with E-state index in [0.717, 1.165) is 17.3 Å². The Kier molecular flexibility index (Phi) is 3.63. The fourth-order valence-corrected chi connectivity index (χ4v) is 4.69. The summed E-state index contributed by atoms with van der Waals surface area (Å²) < 4.78 is 1.96. The lowest BCUT2D eigenvalue weighted by Gasteiger charge is -2.36. The summed E-state index contributed by atoms with van der Waals surface area (Å²) in [6.45, 7) is 2.24. The van der Waals surface area contributed by atoms with E-state index in [4.69, 9.17) is 0 Å². The van der Waals surface area contributed by atoms with Crippen molar-refractivity contribution in [1.29, 1.82) is 0 Å². The summed E-state index contributed by atoms with van der Waals surface area (Å²) in [6, 6.07) is 5.74. The van der Waals surface area contributed by atoms with Crippen molar-refractivity contribution < 1.29 is 0 Å². The predicted octanol–water partition coefficient (Wildman–Crippen LogP) is 3.91. The standard InChI is InChI=1S/C21H25NO/c1-2-3-9-16-17-10-7-12-19(23)22(17)18-11-8-15-21(20(16)18)13-5-4-6-14-21/h7-8,10-12,15H,2-6,9,13-14H2,1H3. The van der Waals surface area contributed by atoms with Gasteiger partial charge in [-0.3, -0.25) is 9.20 Å². The maximum absolute atomic E-state index is 12.5. The number of nitrogens with zero attached hydrogens (tertiary/aromatic N) is 1. The zero-order valence-corrected chi connectivity index (χ0v) is 14.0. The Morgan fingerprint density at radius 2 is 2.00 bits per heavy atom. The second kappa shape index (κ2) is 5.67. The molecule has 0 atom stereocenters. The quantitative estimate of drug-likeness (QED) is 0.842. The van der Waals surface area contributed by atoms with E-state index in [1.165, 1.54) is 56.1 Å². The lowest BCUT2D eigenvalue weighted by atomic mass is 9.67. The molecule has 2 aromatic heterocycles. The molecular formula is C21H25NO. The Balaban J connectivity index is 2.05. The zero-order chi connectivity index (χ0) is 15.9. The fraction of sp³-hybridized carbons (Fsp3) is 0.476. The van der Waals surface area contributed by atoms with E-state index in [9.17, 15) is 4.79 Å². The van der Waals surface area contributed by atoms with Gasteiger partial charge in [0.2, 0.25) is 0 Å². The minimum atomic E-state index is 0.110. The largest absolute Gasteiger partial charge is 0.277 e. The number of aromatic nitrogens is 1. The number of rotatable bonds is 3. The Labute approximate surface area is 137 Å². The van der Waals surface area contributed by atoms with Crippen molar-refractivity contribution in [2.75, 3.05) is 0 Å². The van der Waals surface area contributed by atoms with Crippen molar-refractivity contribution in [3.63, 3.8) is 0 Å². The summed E-state index contributed by atoms with van der Waals surface area (Å²) in [5, 5.41) is 1.15. The molecule has 2 heteroatoms. The third-order valence-corrected chi connectivity index (χ3v) is 5.76. The number of allylic oxidation sites excluding steroid dienone is 2. The van der Waals surface area contributed by atoms with Crippen LogP contribution in [0, 0.1) is 0 Å². The molecule has 0 aromatic carbocycles. The van der Waals surface area contributed by atoms with Gasteiger partial charge in [0.1, 0.15) is 0 Å². The summed E-state index contributed by atoms with van der Waals surface area (Å²) in [7, 11) is 0. The van der Waals surface area contributed by atoms with Crippen LogP contribution in [-0.4, -0.2) is 4.40 Å². The van der Waals surface area contributed by atoms with Crippen LogP contribution in [0.5, 0.6) is 0 Å². The van der Waals surface area contributed by atoms with Gasteiger partial charge in [-0.1, -0.05) is 50.8 Å². The van der Waals surface area contributed by atoms with Crippen molar-refractivity contribution in [1.82, 2.24) is 4.40 Å². The number of fused-ring (bicyclic) bond motifs is 4. The van der Waals surface area contributed by atoms with Crippen molar-refractivity contribution in [2.24, 2.45) is 0 Å². The van der Waals surface area contributed by atoms with Gasteiger partial charge in [-0.15, -0.1) is 0 Å². The number of hydrogen-bond acceptors (Lipinski definition) is 1. The van der Waals surface area contributed by atoms with Crippen LogP contribution < -0.4 is 10.9 Å². The van der Waals surface area contributed by atoms with E-state index < -0.39 is 0 Å². The summed E-state index contributed by atoms with van der Waals surface area (Å²) in [6.07, 6.45) is 16.6. The summed E-state index contributed by atoms with van der Waals surface area (Å²) in [4.78, 5) is 12.5. The molecule has 1 saturated carbocycles. The minimum absolute atomic E-state index is 0.110. The molecular weight excluding hydrogens is 282 g/mol. The van der Waals surface area contributed by atoms with Crippen LogP contribution in [0.1, 0.15) is 63.0 Å². The number of hydrogen-bond donors (Lipinski definition) is 0. The van der Waals surface area contributed by atoms with E-state index in [-0.39, 0.29) is 11.0 Å². The normalized spacial score (nSPS) is 19.0. The Morgan fingerprint density at radius 1 is 1.17 bits per heavy atom. The van der Waals surface area contributed by atoms with Gasteiger partial charge in [-0.05, 0) is 49.0 Å². The molecule has 1 fully saturated rings. The second-order valence-corrected chi connectivity index (χ2v) is 7.17. The first-order valence-corrected chi connectivity index (χ1v) is 9.13. The smallest absolute Gasteiger partial charge is 0.255 e. The zero-order valence-electron chi connectivity index (χ0n) is 14.0. The fourth-order valence-electron chi connectivity index (χ4n) is 4.69. The molecule has 0 amide bonds. The Hall–Kier alpha value is -1.83. The molecule has 2 aromatic rings. The molecule has 2 aliphatic carbocycles. The maximum atomic E-state index is 12.5. The lowest BCUT2D eigenvalue weighted by molar-refractivity contribution is 0.352. The summed E-state index contributed by atoms with van der Waals surface area (Å²) in [5.41, 5.74) is 4.32. The van der Waals surface area contributed by atoms with Crippen LogP contribution in [0.3, 0.4) is 0 Å². The average Bonchev–Trinajstić information content (AvgIpc) is 2.90. The van der Waals surface area contributed by atoms with Crippen molar-refractivity contribution in [2.45, 2.75) is 63.7 Å². The first-order chi connectivity index (χ1) is 11.3. The maximum Gasteiger partial charge on any atom is 0.255 e. The molecule has 2 heterocycles. The third-order valence-electron chi connectivity index (χ3n) is 5.76. The molecule has 0 aliphatic heterocycles. The Morgan fingerprint density at radius 3 is 2.78 bits per heavy atom. The predicted molar refractivity (Wildman–Crippen MR) is 95.9 cm³/mol. The van der Waals surface area contributed by atoms with E-state index >= 15 is 0 Å². The molecule has 0 radical (unpaired) electrons. The number of pyridine rings is 1. The average molecular weight is 307 g/mol. The van der Waals surface area contributed by atoms with Gasteiger partial charge < -0.3 is 0 Å². The highest BCUT2D eigenvalue weighted by Crippen LogP contribution is 2.43. The molecule has 4 rings (SSSR count). The van der Waals surface area contributed by atoms with Crippen LogP contribution >= 0.6 is 0 Å². The van der Waals surface area contributed by atoms with Crippen LogP contribution in [0.2, 0.25) is 0 Å². The molecule has 2 aliphatic rings. The van der Waals surface area contributed by atoms with Gasteiger partial charge in [-0.2, -0.15) is 0 Å². The summed E-state index contributed by atoms with van der Waals surface area (Å²) >= 11 is 0. The van der Waals surface area contributed by atoms with E-state index in [0.29, 0.717) is 0 Å². The van der Waals surface area contributed by atoms with Crippen LogP contribution in [0.4, 0.5) is 0 Å². The number of aryl methyl sites for hydroxylation is 1. The molecule has 120 valence electrons. The molecule has 2 nitrogen and oxygen atoms in total. The van der Waals surface area contributed by atoms with Crippen LogP contribution in [-0.2, 0) is 11.8 Å². The van der Waals surface area contributed by atoms with E-state index in [2.05, 4.69) is 31.2 Å². The third kappa shape index (κ3) is 2.19. The van der Waals surface area contributed by atoms with Gasteiger partial charge in [0.25, 0.3) is 5.56 Å². The highest BCUT2D eigenvalue weighted by Gasteiger charge is 2.37. The molecule has 0 N–H and O–H groups in total. The van der Waals surface area contributed by atoms with Gasteiger partial charge in [0.15, 0.2) is 0 Å². The SMILES string of the molecule is CCCCc1c2c(n3c(=O)cccc13)=CC=CC21CCCCC1. The first-order valence-electron chi connectivity index (χ1n) is 9.13. The molecule has 0 unspecified atom stereocenters. The van der Waals surface area contributed by atoms with Gasteiger partial charge in [0, 0.05) is 11.5 Å². The highest BCUT2D eigenvalue weighted by molar-refractivity contribution is 5.66.